The third-order valence-electron chi connectivity index (χ3n) is 4.56. The Bertz CT molecular complexity index is 1010. The van der Waals surface area contributed by atoms with Crippen LogP contribution in [0.5, 0.6) is 0 Å². The van der Waals surface area contributed by atoms with Crippen LogP contribution in [-0.2, 0) is 4.74 Å². The molecule has 0 aliphatic carbocycles. The number of anilines is 1. The zero-order valence-electron chi connectivity index (χ0n) is 15.0. The minimum atomic E-state index is -0.433. The van der Waals surface area contributed by atoms with Gasteiger partial charge in [-0.2, -0.15) is 4.68 Å². The van der Waals surface area contributed by atoms with Crippen LogP contribution in [-0.4, -0.2) is 50.7 Å². The first-order valence-electron chi connectivity index (χ1n) is 8.57. The molecule has 8 nitrogen and oxygen atoms in total. The van der Waals surface area contributed by atoms with Crippen LogP contribution in [0.4, 0.5) is 10.5 Å². The summed E-state index contributed by atoms with van der Waals surface area (Å²) in [4.78, 5) is 27.1. The lowest BCUT2D eigenvalue weighted by Crippen LogP contribution is -2.46. The van der Waals surface area contributed by atoms with Crippen molar-refractivity contribution in [2.45, 2.75) is 19.4 Å². The first kappa shape index (κ1) is 17.2. The summed E-state index contributed by atoms with van der Waals surface area (Å²) in [6, 6.07) is 13.8. The molecular weight excluding hydrogens is 346 g/mol. The maximum atomic E-state index is 12.9. The highest BCUT2D eigenvalue weighted by molar-refractivity contribution is 6.06. The molecule has 1 saturated heterocycles. The summed E-state index contributed by atoms with van der Waals surface area (Å²) in [6.45, 7) is 4.50. The van der Waals surface area contributed by atoms with E-state index in [9.17, 15) is 9.59 Å². The van der Waals surface area contributed by atoms with Gasteiger partial charge in [0.2, 0.25) is 0 Å². The van der Waals surface area contributed by atoms with Gasteiger partial charge in [-0.1, -0.05) is 23.4 Å². The average molecular weight is 365 g/mol. The summed E-state index contributed by atoms with van der Waals surface area (Å²) in [5.41, 5.74) is 1.69. The van der Waals surface area contributed by atoms with Crippen molar-refractivity contribution < 1.29 is 14.3 Å². The first-order valence-corrected chi connectivity index (χ1v) is 8.57. The lowest BCUT2D eigenvalue weighted by Gasteiger charge is -2.28. The van der Waals surface area contributed by atoms with Gasteiger partial charge in [0.15, 0.2) is 0 Å². The van der Waals surface area contributed by atoms with Gasteiger partial charge >= 0.3 is 6.03 Å². The van der Waals surface area contributed by atoms with Crippen molar-refractivity contribution in [1.82, 2.24) is 19.9 Å². The Labute approximate surface area is 155 Å². The number of fused-ring (bicyclic) bond motifs is 1. The first-order chi connectivity index (χ1) is 13.0. The van der Waals surface area contributed by atoms with Gasteiger partial charge in [0.25, 0.3) is 5.91 Å². The van der Waals surface area contributed by atoms with E-state index in [0.717, 1.165) is 0 Å². The Balaban J connectivity index is 1.65. The summed E-state index contributed by atoms with van der Waals surface area (Å²) in [7, 11) is 0. The maximum Gasteiger partial charge on any atom is 0.349 e. The molecule has 27 heavy (non-hydrogen) atoms. The molecule has 1 aliphatic heterocycles. The molecule has 2 heterocycles. The number of ether oxygens (including phenoxy) is 1. The molecule has 1 fully saturated rings. The van der Waals surface area contributed by atoms with Crippen molar-refractivity contribution in [2.24, 2.45) is 0 Å². The SMILES string of the molecule is CC1(C)COCN1C(=O)n1nnc2ccc(C(=O)Nc3ccccc3)cc21. The molecule has 0 unspecified atom stereocenters. The number of rotatable bonds is 2. The van der Waals surface area contributed by atoms with Crippen LogP contribution in [0.1, 0.15) is 24.2 Å². The Morgan fingerprint density at radius 2 is 1.93 bits per heavy atom. The van der Waals surface area contributed by atoms with Crippen LogP contribution in [0, 0.1) is 0 Å². The summed E-state index contributed by atoms with van der Waals surface area (Å²) >= 11 is 0. The summed E-state index contributed by atoms with van der Waals surface area (Å²) in [5, 5.41) is 10.8. The number of aromatic nitrogens is 3. The van der Waals surface area contributed by atoms with E-state index in [1.54, 1.807) is 35.2 Å². The van der Waals surface area contributed by atoms with Gasteiger partial charge in [-0.05, 0) is 44.2 Å². The minimum Gasteiger partial charge on any atom is -0.359 e. The van der Waals surface area contributed by atoms with Crippen LogP contribution >= 0.6 is 0 Å². The molecule has 0 bridgehead atoms. The van der Waals surface area contributed by atoms with Gasteiger partial charge in [0.05, 0.1) is 12.1 Å². The molecule has 8 heteroatoms. The van der Waals surface area contributed by atoms with Crippen molar-refractivity contribution in [2.75, 3.05) is 18.7 Å². The van der Waals surface area contributed by atoms with Gasteiger partial charge in [-0.15, -0.1) is 5.10 Å². The number of hydrogen-bond acceptors (Lipinski definition) is 5. The summed E-state index contributed by atoms with van der Waals surface area (Å²) in [5.74, 6) is -0.270. The van der Waals surface area contributed by atoms with Crippen molar-refractivity contribution >= 4 is 28.7 Å². The van der Waals surface area contributed by atoms with Gasteiger partial charge in [-0.25, -0.2) is 4.79 Å². The molecular formula is C19H19N5O3. The van der Waals surface area contributed by atoms with E-state index in [-0.39, 0.29) is 18.7 Å². The molecule has 2 aromatic carbocycles. The van der Waals surface area contributed by atoms with E-state index in [1.165, 1.54) is 4.68 Å². The number of amides is 2. The van der Waals surface area contributed by atoms with E-state index in [4.69, 9.17) is 4.74 Å². The fourth-order valence-electron chi connectivity index (χ4n) is 2.99. The smallest absolute Gasteiger partial charge is 0.349 e. The number of nitrogens with zero attached hydrogens (tertiary/aromatic N) is 4. The predicted molar refractivity (Wildman–Crippen MR) is 99.5 cm³/mol. The molecule has 3 aromatic rings. The largest absolute Gasteiger partial charge is 0.359 e. The molecule has 1 aromatic heterocycles. The molecule has 0 saturated carbocycles. The van der Waals surface area contributed by atoms with Gasteiger partial charge < -0.3 is 10.1 Å². The number of carbonyl (C=O) groups is 2. The van der Waals surface area contributed by atoms with E-state index in [0.29, 0.717) is 28.9 Å². The van der Waals surface area contributed by atoms with Crippen LogP contribution in [0.25, 0.3) is 11.0 Å². The molecule has 1 N–H and O–H groups in total. The highest BCUT2D eigenvalue weighted by Gasteiger charge is 2.38. The van der Waals surface area contributed by atoms with Crippen molar-refractivity contribution in [3.63, 3.8) is 0 Å². The summed E-state index contributed by atoms with van der Waals surface area (Å²) in [6.07, 6.45) is 0. The molecule has 2 amide bonds. The molecule has 1 aliphatic rings. The average Bonchev–Trinajstić information content (AvgIpc) is 3.24. The Kier molecular flexibility index (Phi) is 4.12. The maximum absolute atomic E-state index is 12.9. The number of carbonyl (C=O) groups excluding carboxylic acids is 2. The number of nitrogens with one attached hydrogen (secondary N) is 1. The quantitative estimate of drug-likeness (QED) is 0.754. The van der Waals surface area contributed by atoms with Crippen molar-refractivity contribution in [3.8, 4) is 0 Å². The fraction of sp³-hybridized carbons (Fsp3) is 0.263. The van der Waals surface area contributed by atoms with Gasteiger partial charge in [0, 0.05) is 11.3 Å². The Hall–Kier alpha value is -3.26. The third kappa shape index (κ3) is 3.15. The molecule has 0 radical (unpaired) electrons. The molecule has 0 atom stereocenters. The lowest BCUT2D eigenvalue weighted by molar-refractivity contribution is 0.102. The van der Waals surface area contributed by atoms with Crippen molar-refractivity contribution in [3.05, 3.63) is 54.1 Å². The van der Waals surface area contributed by atoms with Crippen LogP contribution < -0.4 is 5.32 Å². The monoisotopic (exact) mass is 365 g/mol. The molecule has 4 rings (SSSR count). The summed E-state index contributed by atoms with van der Waals surface area (Å²) < 4.78 is 6.62. The fourth-order valence-corrected chi connectivity index (χ4v) is 2.99. The highest BCUT2D eigenvalue weighted by Crippen LogP contribution is 2.24. The lowest BCUT2D eigenvalue weighted by atomic mass is 10.1. The second-order valence-electron chi connectivity index (χ2n) is 7.03. The predicted octanol–water partition coefficient (Wildman–Crippen LogP) is 2.72. The number of para-hydroxylation sites is 1. The standard InChI is InChI=1S/C19H19N5O3/c1-19(2)11-27-12-23(19)18(26)24-16-10-13(8-9-15(16)21-22-24)17(25)20-14-6-4-3-5-7-14/h3-10H,11-12H2,1-2H3,(H,20,25). The van der Waals surface area contributed by atoms with Gasteiger partial charge in [-0.3, -0.25) is 9.69 Å². The van der Waals surface area contributed by atoms with E-state index >= 15 is 0 Å². The highest BCUT2D eigenvalue weighted by atomic mass is 16.5. The second kappa shape index (κ2) is 6.48. The van der Waals surface area contributed by atoms with Crippen LogP contribution in [0.2, 0.25) is 0 Å². The minimum absolute atomic E-state index is 0.196. The third-order valence-corrected chi connectivity index (χ3v) is 4.56. The number of hydrogen-bond donors (Lipinski definition) is 1. The van der Waals surface area contributed by atoms with Crippen LogP contribution in [0.3, 0.4) is 0 Å². The Morgan fingerprint density at radius 1 is 1.15 bits per heavy atom. The van der Waals surface area contributed by atoms with E-state index in [2.05, 4.69) is 15.6 Å². The van der Waals surface area contributed by atoms with Gasteiger partial charge in [0.1, 0.15) is 17.8 Å². The second-order valence-corrected chi connectivity index (χ2v) is 7.03. The zero-order chi connectivity index (χ0) is 19.0. The number of benzene rings is 2. The normalized spacial score (nSPS) is 15.9. The van der Waals surface area contributed by atoms with Crippen LogP contribution in [0.15, 0.2) is 48.5 Å². The molecule has 0 spiro atoms. The topological polar surface area (TPSA) is 89.3 Å². The van der Waals surface area contributed by atoms with Crippen molar-refractivity contribution in [1.29, 1.82) is 0 Å². The van der Waals surface area contributed by atoms with E-state index in [1.807, 2.05) is 32.0 Å². The Morgan fingerprint density at radius 3 is 2.63 bits per heavy atom. The molecule has 138 valence electrons. The van der Waals surface area contributed by atoms with E-state index < -0.39 is 5.54 Å². The zero-order valence-corrected chi connectivity index (χ0v) is 15.0.